The topological polar surface area (TPSA) is 57.9 Å². The monoisotopic (exact) mass is 470 g/mol. The first-order chi connectivity index (χ1) is 12.2. The highest BCUT2D eigenvalue weighted by Crippen LogP contribution is 2.28. The van der Waals surface area contributed by atoms with Gasteiger partial charge in [-0.15, -0.1) is 24.0 Å². The minimum absolute atomic E-state index is 0. The predicted octanol–water partition coefficient (Wildman–Crippen LogP) is 1.94. The average molecular weight is 470 g/mol. The van der Waals surface area contributed by atoms with Crippen LogP contribution in [0.4, 0.5) is 5.69 Å². The van der Waals surface area contributed by atoms with Crippen LogP contribution in [0.25, 0.3) is 0 Å². The Balaban J connectivity index is 0.00000243. The summed E-state index contributed by atoms with van der Waals surface area (Å²) >= 11 is 0. The Bertz CT molecular complexity index is 724. The molecule has 0 bridgehead atoms. The fraction of sp³-hybridized carbons (Fsp3) is 0.444. The van der Waals surface area contributed by atoms with E-state index in [9.17, 15) is 0 Å². The number of methoxy groups -OCH3 is 1. The van der Waals surface area contributed by atoms with Gasteiger partial charge in [0, 0.05) is 46.5 Å². The van der Waals surface area contributed by atoms with Gasteiger partial charge in [-0.3, -0.25) is 9.67 Å². The quantitative estimate of drug-likeness (QED) is 0.421. The molecule has 1 N–H and O–H groups in total. The molecule has 1 aromatic carbocycles. The molecule has 0 atom stereocenters. The number of anilines is 1. The summed E-state index contributed by atoms with van der Waals surface area (Å²) in [5.74, 6) is 1.86. The second-order valence-electron chi connectivity index (χ2n) is 5.99. The lowest BCUT2D eigenvalue weighted by atomic mass is 10.2. The molecule has 8 heteroatoms. The number of rotatable bonds is 4. The van der Waals surface area contributed by atoms with Crippen molar-refractivity contribution in [2.45, 2.75) is 6.54 Å². The minimum atomic E-state index is 0. The molecular weight excluding hydrogens is 443 g/mol. The number of guanidine groups is 1. The van der Waals surface area contributed by atoms with Gasteiger partial charge in [0.2, 0.25) is 0 Å². The van der Waals surface area contributed by atoms with Crippen LogP contribution in [0.3, 0.4) is 0 Å². The lowest BCUT2D eigenvalue weighted by Crippen LogP contribution is -2.52. The Hall–Kier alpha value is -1.97. The van der Waals surface area contributed by atoms with Crippen molar-refractivity contribution in [3.8, 4) is 5.75 Å². The van der Waals surface area contributed by atoms with Crippen molar-refractivity contribution in [1.82, 2.24) is 20.0 Å². The summed E-state index contributed by atoms with van der Waals surface area (Å²) in [6.45, 7) is 4.43. The van der Waals surface area contributed by atoms with E-state index in [1.165, 1.54) is 0 Å². The van der Waals surface area contributed by atoms with Crippen molar-refractivity contribution in [1.29, 1.82) is 0 Å². The summed E-state index contributed by atoms with van der Waals surface area (Å²) in [5, 5.41) is 7.63. The average Bonchev–Trinajstić information content (AvgIpc) is 3.07. The van der Waals surface area contributed by atoms with E-state index in [2.05, 4.69) is 37.3 Å². The van der Waals surface area contributed by atoms with Crippen molar-refractivity contribution in [3.63, 3.8) is 0 Å². The van der Waals surface area contributed by atoms with E-state index in [1.54, 1.807) is 7.11 Å². The second-order valence-corrected chi connectivity index (χ2v) is 5.99. The van der Waals surface area contributed by atoms with Crippen molar-refractivity contribution < 1.29 is 4.74 Å². The highest BCUT2D eigenvalue weighted by atomic mass is 127. The minimum Gasteiger partial charge on any atom is -0.495 e. The first kappa shape index (κ1) is 20.3. The number of para-hydroxylation sites is 2. The lowest BCUT2D eigenvalue weighted by molar-refractivity contribution is 0.366. The van der Waals surface area contributed by atoms with Crippen LogP contribution in [0.15, 0.2) is 41.5 Å². The number of nitrogens with one attached hydrogen (secondary N) is 1. The van der Waals surface area contributed by atoms with Gasteiger partial charge in [-0.25, -0.2) is 0 Å². The highest BCUT2D eigenvalue weighted by molar-refractivity contribution is 14.0. The normalized spacial score (nSPS) is 14.8. The smallest absolute Gasteiger partial charge is 0.194 e. The number of aryl methyl sites for hydroxylation is 1. The Morgan fingerprint density at radius 2 is 1.92 bits per heavy atom. The van der Waals surface area contributed by atoms with Crippen molar-refractivity contribution in [2.75, 3.05) is 45.2 Å². The summed E-state index contributed by atoms with van der Waals surface area (Å²) in [7, 11) is 5.50. The fourth-order valence-electron chi connectivity index (χ4n) is 3.13. The Kier molecular flexibility index (Phi) is 7.55. The number of benzene rings is 1. The molecule has 7 nitrogen and oxygen atoms in total. The van der Waals surface area contributed by atoms with Crippen LogP contribution in [0, 0.1) is 0 Å². The summed E-state index contributed by atoms with van der Waals surface area (Å²) in [5.41, 5.74) is 2.29. The van der Waals surface area contributed by atoms with Crippen LogP contribution < -0.4 is 15.0 Å². The van der Waals surface area contributed by atoms with Gasteiger partial charge in [0.25, 0.3) is 0 Å². The van der Waals surface area contributed by atoms with Crippen molar-refractivity contribution in [2.24, 2.45) is 12.0 Å². The Labute approximate surface area is 172 Å². The number of hydrogen-bond donors (Lipinski definition) is 1. The molecule has 26 heavy (non-hydrogen) atoms. The van der Waals surface area contributed by atoms with Crippen LogP contribution >= 0.6 is 24.0 Å². The van der Waals surface area contributed by atoms with Gasteiger partial charge >= 0.3 is 0 Å². The maximum absolute atomic E-state index is 5.49. The van der Waals surface area contributed by atoms with Gasteiger partial charge in [-0.05, 0) is 18.2 Å². The molecule has 1 aliphatic heterocycles. The number of aromatic nitrogens is 2. The third kappa shape index (κ3) is 4.60. The zero-order valence-electron chi connectivity index (χ0n) is 15.6. The van der Waals surface area contributed by atoms with Gasteiger partial charge in [0.1, 0.15) is 5.75 Å². The molecule has 1 saturated heterocycles. The van der Waals surface area contributed by atoms with Crippen LogP contribution in [0.5, 0.6) is 5.75 Å². The molecule has 0 unspecified atom stereocenters. The van der Waals surface area contributed by atoms with Gasteiger partial charge < -0.3 is 19.9 Å². The number of aliphatic imine (C=N–C) groups is 1. The number of hydrogen-bond acceptors (Lipinski definition) is 4. The molecule has 1 fully saturated rings. The maximum atomic E-state index is 5.49. The van der Waals surface area contributed by atoms with Gasteiger partial charge in [0.05, 0.1) is 25.0 Å². The molecule has 0 spiro atoms. The van der Waals surface area contributed by atoms with E-state index in [0.717, 1.165) is 55.8 Å². The van der Waals surface area contributed by atoms with E-state index in [1.807, 2.05) is 43.2 Å². The van der Waals surface area contributed by atoms with E-state index < -0.39 is 0 Å². The van der Waals surface area contributed by atoms with Crippen LogP contribution in [-0.2, 0) is 13.6 Å². The van der Waals surface area contributed by atoms with Crippen LogP contribution in [0.2, 0.25) is 0 Å². The number of piperazine rings is 1. The third-order valence-electron chi connectivity index (χ3n) is 4.57. The summed E-state index contributed by atoms with van der Waals surface area (Å²) in [6, 6.07) is 10.2. The summed E-state index contributed by atoms with van der Waals surface area (Å²) in [4.78, 5) is 9.09. The van der Waals surface area contributed by atoms with E-state index in [0.29, 0.717) is 0 Å². The Morgan fingerprint density at radius 3 is 2.54 bits per heavy atom. The van der Waals surface area contributed by atoms with Crippen molar-refractivity contribution >= 4 is 35.6 Å². The standard InChI is InChI=1S/C18H26N6O.HI/c1-19-18(20-14-15-8-9-21-22(15)2)24-12-10-23(11-13-24)16-6-4-5-7-17(16)25-3;/h4-9H,10-14H2,1-3H3,(H,19,20);1H. The molecule has 3 rings (SSSR count). The molecule has 0 saturated carbocycles. The molecule has 1 aliphatic rings. The molecule has 1 aromatic heterocycles. The first-order valence-corrected chi connectivity index (χ1v) is 8.53. The summed E-state index contributed by atoms with van der Waals surface area (Å²) in [6.07, 6.45) is 1.81. The maximum Gasteiger partial charge on any atom is 0.194 e. The predicted molar refractivity (Wildman–Crippen MR) is 116 cm³/mol. The molecule has 0 aliphatic carbocycles. The zero-order valence-corrected chi connectivity index (χ0v) is 17.9. The largest absolute Gasteiger partial charge is 0.495 e. The zero-order chi connectivity index (χ0) is 17.6. The van der Waals surface area contributed by atoms with Gasteiger partial charge in [-0.2, -0.15) is 5.10 Å². The van der Waals surface area contributed by atoms with Gasteiger partial charge in [-0.1, -0.05) is 12.1 Å². The van der Waals surface area contributed by atoms with Crippen LogP contribution in [-0.4, -0.2) is 61.0 Å². The first-order valence-electron chi connectivity index (χ1n) is 8.53. The third-order valence-corrected chi connectivity index (χ3v) is 4.57. The SMILES string of the molecule is CN=C(NCc1ccnn1C)N1CCN(c2ccccc2OC)CC1.I. The molecule has 142 valence electrons. The number of ether oxygens (including phenoxy) is 1. The molecular formula is C18H27IN6O. The van der Waals surface area contributed by atoms with E-state index in [-0.39, 0.29) is 24.0 Å². The Morgan fingerprint density at radius 1 is 1.19 bits per heavy atom. The van der Waals surface area contributed by atoms with E-state index >= 15 is 0 Å². The summed E-state index contributed by atoms with van der Waals surface area (Å²) < 4.78 is 7.36. The molecule has 2 aromatic rings. The number of halogens is 1. The molecule has 0 amide bonds. The fourth-order valence-corrected chi connectivity index (χ4v) is 3.13. The highest BCUT2D eigenvalue weighted by Gasteiger charge is 2.21. The number of nitrogens with zero attached hydrogens (tertiary/aromatic N) is 5. The van der Waals surface area contributed by atoms with Crippen LogP contribution in [0.1, 0.15) is 5.69 Å². The molecule has 2 heterocycles. The lowest BCUT2D eigenvalue weighted by Gasteiger charge is -2.38. The van der Waals surface area contributed by atoms with E-state index in [4.69, 9.17) is 4.74 Å². The van der Waals surface area contributed by atoms with Crippen molar-refractivity contribution in [3.05, 3.63) is 42.2 Å². The molecule has 0 radical (unpaired) electrons. The van der Waals surface area contributed by atoms with Gasteiger partial charge in [0.15, 0.2) is 5.96 Å². The second kappa shape index (κ2) is 9.65.